The molecule has 0 spiro atoms. The number of carboxylic acid groups (broad SMARTS) is 1. The molecule has 1 N–H and O–H groups in total. The van der Waals surface area contributed by atoms with E-state index in [1.165, 1.54) is 12.0 Å². The molecule has 1 amide bonds. The molecule has 29 heavy (non-hydrogen) atoms. The van der Waals surface area contributed by atoms with Crippen molar-refractivity contribution in [2.45, 2.75) is 26.1 Å². The van der Waals surface area contributed by atoms with Crippen molar-refractivity contribution in [3.8, 4) is 11.6 Å². The molecule has 3 rings (SSSR count). The number of carbonyl (C=O) groups excluding carboxylic acids is 2. The lowest BCUT2D eigenvalue weighted by Gasteiger charge is -2.33. The van der Waals surface area contributed by atoms with Crippen molar-refractivity contribution >= 4 is 23.7 Å². The first-order valence-corrected chi connectivity index (χ1v) is 8.72. The molecule has 1 aliphatic rings. The van der Waals surface area contributed by atoms with Gasteiger partial charge < -0.3 is 19.3 Å². The van der Waals surface area contributed by atoms with Crippen LogP contribution in [-0.4, -0.2) is 70.2 Å². The summed E-state index contributed by atoms with van der Waals surface area (Å²) in [6.45, 7) is 3.12. The lowest BCUT2D eigenvalue weighted by Crippen LogP contribution is -2.55. The minimum atomic E-state index is -1.74. The summed E-state index contributed by atoms with van der Waals surface area (Å²) in [4.78, 5) is 40.9. The number of morpholine rings is 1. The van der Waals surface area contributed by atoms with Crippen LogP contribution < -0.4 is 9.64 Å². The Bertz CT molecular complexity index is 942. The number of hydrogen-bond acceptors (Lipinski definition) is 8. The van der Waals surface area contributed by atoms with Gasteiger partial charge in [-0.2, -0.15) is 0 Å². The number of anilines is 1. The van der Waals surface area contributed by atoms with E-state index in [2.05, 4.69) is 10.1 Å². The number of amides is 1. The van der Waals surface area contributed by atoms with Crippen LogP contribution >= 0.6 is 0 Å². The third-order valence-corrected chi connectivity index (χ3v) is 4.26. The van der Waals surface area contributed by atoms with Crippen LogP contribution in [-0.2, 0) is 23.9 Å². The molecule has 11 heteroatoms. The number of methoxy groups -OCH3 is 1. The smallest absolute Gasteiger partial charge is 0.348 e. The Morgan fingerprint density at radius 2 is 2.14 bits per heavy atom. The number of aromatic nitrogens is 3. The van der Waals surface area contributed by atoms with E-state index in [-0.39, 0.29) is 13.2 Å². The van der Waals surface area contributed by atoms with Gasteiger partial charge in [-0.15, -0.1) is 5.10 Å². The molecule has 1 saturated heterocycles. The molecule has 11 nitrogen and oxygen atoms in total. The predicted octanol–water partition coefficient (Wildman–Crippen LogP) is 0.332. The number of esters is 1. The van der Waals surface area contributed by atoms with Crippen molar-refractivity contribution in [1.82, 2.24) is 14.8 Å². The molecule has 1 fully saturated rings. The molecule has 3 heterocycles. The number of aryl methyl sites for hydroxylation is 1. The first kappa shape index (κ1) is 20.3. The first-order valence-electron chi connectivity index (χ1n) is 8.72. The molecule has 0 aliphatic carbocycles. The van der Waals surface area contributed by atoms with E-state index in [1.54, 1.807) is 29.1 Å². The van der Waals surface area contributed by atoms with E-state index in [9.17, 15) is 19.5 Å². The summed E-state index contributed by atoms with van der Waals surface area (Å²) in [5.41, 5.74) is 1.42. The summed E-state index contributed by atoms with van der Waals surface area (Å²) in [7, 11) is 1.50. The third-order valence-electron chi connectivity index (χ3n) is 4.26. The van der Waals surface area contributed by atoms with Gasteiger partial charge in [-0.05, 0) is 13.0 Å². The molecule has 0 bridgehead atoms. The topological polar surface area (TPSA) is 133 Å². The lowest BCUT2D eigenvalue weighted by molar-refractivity contribution is -0.177. The molecule has 2 unspecified atom stereocenters. The molecule has 1 aliphatic heterocycles. The maximum atomic E-state index is 12.9. The number of aliphatic carboxylic acids is 1. The van der Waals surface area contributed by atoms with Gasteiger partial charge in [0.1, 0.15) is 0 Å². The van der Waals surface area contributed by atoms with Crippen LogP contribution in [0.2, 0.25) is 0 Å². The Morgan fingerprint density at radius 1 is 1.38 bits per heavy atom. The number of rotatable bonds is 6. The van der Waals surface area contributed by atoms with Crippen molar-refractivity contribution in [2.24, 2.45) is 0 Å². The summed E-state index contributed by atoms with van der Waals surface area (Å²) in [6.07, 6.45) is -1.63. The minimum absolute atomic E-state index is 0.0659. The SMILES string of the molecule is COc1cc(-n2nc(N3CCOC(C(OC(C)=O)C(=O)O)C3=O)cc2C)ccn1. The number of hydrogen-bond donors (Lipinski definition) is 1. The van der Waals surface area contributed by atoms with Gasteiger partial charge in [-0.25, -0.2) is 14.5 Å². The van der Waals surface area contributed by atoms with Gasteiger partial charge in [0.05, 0.1) is 25.9 Å². The molecule has 2 atom stereocenters. The van der Waals surface area contributed by atoms with Crippen LogP contribution in [0.3, 0.4) is 0 Å². The maximum Gasteiger partial charge on any atom is 0.348 e. The second-order valence-electron chi connectivity index (χ2n) is 6.26. The highest BCUT2D eigenvalue weighted by atomic mass is 16.6. The maximum absolute atomic E-state index is 12.9. The van der Waals surface area contributed by atoms with Crippen molar-refractivity contribution in [2.75, 3.05) is 25.2 Å². The zero-order valence-electron chi connectivity index (χ0n) is 16.1. The number of carbonyl (C=O) groups is 3. The normalized spacial score (nSPS) is 17.7. The largest absolute Gasteiger partial charge is 0.481 e. The number of nitrogens with zero attached hydrogens (tertiary/aromatic N) is 4. The minimum Gasteiger partial charge on any atom is -0.481 e. The summed E-state index contributed by atoms with van der Waals surface area (Å²) in [5, 5.41) is 13.8. The molecule has 154 valence electrons. The van der Waals surface area contributed by atoms with E-state index in [4.69, 9.17) is 14.2 Å². The summed E-state index contributed by atoms with van der Waals surface area (Å²) in [6, 6.07) is 5.11. The van der Waals surface area contributed by atoms with Crippen LogP contribution in [0.1, 0.15) is 12.6 Å². The molecule has 2 aromatic heterocycles. The standard InChI is InChI=1S/C18H20N4O7/c1-10-8-13(20-22(10)12-4-5-19-14(9-12)27-3)21-6-7-28-15(17(21)24)16(18(25)26)29-11(2)23/h4-5,8-9,15-16H,6-7H2,1-3H3,(H,25,26). The van der Waals surface area contributed by atoms with Crippen molar-refractivity contribution in [1.29, 1.82) is 0 Å². The highest BCUT2D eigenvalue weighted by molar-refractivity contribution is 6.00. The van der Waals surface area contributed by atoms with Crippen molar-refractivity contribution in [3.05, 3.63) is 30.1 Å². The van der Waals surface area contributed by atoms with E-state index in [0.29, 0.717) is 17.4 Å². The summed E-state index contributed by atoms with van der Waals surface area (Å²) < 4.78 is 16.8. The van der Waals surface area contributed by atoms with Gasteiger partial charge in [0, 0.05) is 30.9 Å². The fraction of sp³-hybridized carbons (Fsp3) is 0.389. The van der Waals surface area contributed by atoms with Crippen molar-refractivity contribution in [3.63, 3.8) is 0 Å². The summed E-state index contributed by atoms with van der Waals surface area (Å²) >= 11 is 0. The van der Waals surface area contributed by atoms with Gasteiger partial charge in [-0.3, -0.25) is 14.5 Å². The molecule has 0 radical (unpaired) electrons. The van der Waals surface area contributed by atoms with Crippen LogP contribution in [0.4, 0.5) is 5.82 Å². The van der Waals surface area contributed by atoms with Crippen LogP contribution in [0, 0.1) is 6.92 Å². The van der Waals surface area contributed by atoms with Crippen molar-refractivity contribution < 1.29 is 33.7 Å². The average molecular weight is 404 g/mol. The molecule has 0 aromatic carbocycles. The predicted molar refractivity (Wildman–Crippen MR) is 97.9 cm³/mol. The first-order chi connectivity index (χ1) is 13.8. The van der Waals surface area contributed by atoms with E-state index in [1.807, 2.05) is 6.92 Å². The van der Waals surface area contributed by atoms with Crippen LogP contribution in [0.15, 0.2) is 24.4 Å². The second-order valence-corrected chi connectivity index (χ2v) is 6.26. The quantitative estimate of drug-likeness (QED) is 0.676. The Hall–Kier alpha value is -3.47. The Kier molecular flexibility index (Phi) is 5.78. The van der Waals surface area contributed by atoms with Gasteiger partial charge in [-0.1, -0.05) is 0 Å². The lowest BCUT2D eigenvalue weighted by atomic mass is 10.1. The van der Waals surface area contributed by atoms with Gasteiger partial charge in [0.15, 0.2) is 11.9 Å². The van der Waals surface area contributed by atoms with E-state index < -0.39 is 30.1 Å². The highest BCUT2D eigenvalue weighted by Crippen LogP contribution is 2.24. The van der Waals surface area contributed by atoms with Crippen LogP contribution in [0.5, 0.6) is 5.88 Å². The van der Waals surface area contributed by atoms with Gasteiger partial charge in [0.2, 0.25) is 12.0 Å². The fourth-order valence-corrected chi connectivity index (χ4v) is 2.96. The second kappa shape index (κ2) is 8.27. The average Bonchev–Trinajstić information content (AvgIpc) is 3.07. The fourth-order valence-electron chi connectivity index (χ4n) is 2.96. The number of carboxylic acids is 1. The molecule has 0 saturated carbocycles. The monoisotopic (exact) mass is 404 g/mol. The van der Waals surface area contributed by atoms with E-state index in [0.717, 1.165) is 12.6 Å². The van der Waals surface area contributed by atoms with Gasteiger partial charge >= 0.3 is 11.9 Å². The van der Waals surface area contributed by atoms with E-state index >= 15 is 0 Å². The molecule has 2 aromatic rings. The summed E-state index contributed by atoms with van der Waals surface area (Å²) in [5.74, 6) is -2.21. The number of pyridine rings is 1. The zero-order chi connectivity index (χ0) is 21.1. The molecular weight excluding hydrogens is 384 g/mol. The Balaban J connectivity index is 1.89. The van der Waals surface area contributed by atoms with Gasteiger partial charge in [0.25, 0.3) is 5.91 Å². The molecular formula is C18H20N4O7. The zero-order valence-corrected chi connectivity index (χ0v) is 16.1. The highest BCUT2D eigenvalue weighted by Gasteiger charge is 2.43. The van der Waals surface area contributed by atoms with Crippen LogP contribution in [0.25, 0.3) is 5.69 Å². The third kappa shape index (κ3) is 4.19. The Labute approximate surface area is 165 Å². The number of ether oxygens (including phenoxy) is 3. The Morgan fingerprint density at radius 3 is 2.79 bits per heavy atom.